The number of rotatable bonds is 3. The normalized spacial score (nSPS) is 18.0. The fraction of sp³-hybridized carbons (Fsp3) is 0. The van der Waals surface area contributed by atoms with E-state index in [-0.39, 0.29) is 0 Å². The summed E-state index contributed by atoms with van der Waals surface area (Å²) in [5.74, 6) is 0. The maximum absolute atomic E-state index is 1.48. The third kappa shape index (κ3) is 7.26. The van der Waals surface area contributed by atoms with Crippen LogP contribution in [0, 0.1) is 0 Å². The van der Waals surface area contributed by atoms with E-state index < -0.39 is 0 Å². The van der Waals surface area contributed by atoms with Crippen LogP contribution < -0.4 is 0 Å². The summed E-state index contributed by atoms with van der Waals surface area (Å²) >= 11 is 5.50. The van der Waals surface area contributed by atoms with Gasteiger partial charge in [0.1, 0.15) is 0 Å². The molecule has 0 atom stereocenters. The van der Waals surface area contributed by atoms with Crippen LogP contribution in [0.2, 0.25) is 0 Å². The van der Waals surface area contributed by atoms with E-state index in [1.807, 2.05) is 0 Å². The van der Waals surface area contributed by atoms with Crippen molar-refractivity contribution < 1.29 is 0 Å². The Morgan fingerprint density at radius 3 is 1.33 bits per heavy atom. The Bertz CT molecular complexity index is 12.0. The molecule has 0 bridgehead atoms. The van der Waals surface area contributed by atoms with Crippen molar-refractivity contribution in [2.75, 3.05) is 0 Å². The standard InChI is InChI=1S/Ge6H14/c1-3-5-6-4-2/h3-6H2,1-2H3. The van der Waals surface area contributed by atoms with Crippen LogP contribution in [0.5, 0.6) is 0 Å². The van der Waals surface area contributed by atoms with Gasteiger partial charge in [-0.3, -0.25) is 0 Å². The summed E-state index contributed by atoms with van der Waals surface area (Å²) in [4.78, 5) is 0. The molecule has 0 aliphatic rings. The first-order valence-corrected chi connectivity index (χ1v) is 78.7. The van der Waals surface area contributed by atoms with Gasteiger partial charge in [-0.05, 0) is 0 Å². The van der Waals surface area contributed by atoms with Crippen LogP contribution in [-0.2, 0) is 0 Å². The van der Waals surface area contributed by atoms with Crippen molar-refractivity contribution in [1.82, 2.24) is 0 Å². The van der Waals surface area contributed by atoms with E-state index in [9.17, 15) is 0 Å². The second-order valence-electron chi connectivity index (χ2n) is 1.71. The third-order valence-electron chi connectivity index (χ3n) is 0.957. The fourth-order valence-corrected chi connectivity index (χ4v) is 1890. The molecule has 0 heterocycles. The van der Waals surface area contributed by atoms with Crippen molar-refractivity contribution in [3.63, 3.8) is 0 Å². The molecule has 0 amide bonds. The van der Waals surface area contributed by atoms with Gasteiger partial charge in [0.2, 0.25) is 0 Å². The molecule has 6 heteroatoms. The molecule has 6 heavy (non-hydrogen) atoms. The monoisotopic (exact) mass is 458 g/mol. The molecule has 38 valence electrons. The molecule has 0 aliphatic carbocycles. The summed E-state index contributed by atoms with van der Waals surface area (Å²) in [7, 11) is 0. The van der Waals surface area contributed by atoms with E-state index in [1.54, 1.807) is 0 Å². The van der Waals surface area contributed by atoms with E-state index >= 15 is 0 Å². The third-order valence-corrected chi connectivity index (χ3v) is 698. The van der Waals surface area contributed by atoms with Gasteiger partial charge in [-0.15, -0.1) is 0 Å². The zero-order chi connectivity index (χ0) is 4.83. The van der Waals surface area contributed by atoms with Crippen molar-refractivity contribution in [3.05, 3.63) is 0 Å². The van der Waals surface area contributed by atoms with Crippen molar-refractivity contribution in [2.45, 2.75) is 0 Å². The van der Waals surface area contributed by atoms with Gasteiger partial charge < -0.3 is 0 Å². The summed E-state index contributed by atoms with van der Waals surface area (Å²) in [5.41, 5.74) is 0. The zero-order valence-corrected chi connectivity index (χ0v) is 25.1. The summed E-state index contributed by atoms with van der Waals surface area (Å²) in [6.07, 6.45) is 0. The van der Waals surface area contributed by atoms with Gasteiger partial charge in [0.15, 0.2) is 0 Å². The molecule has 0 fully saturated rings. The molecule has 0 rings (SSSR count). The molecule has 0 saturated carbocycles. The molecule has 0 aromatic heterocycles. The number of hydrogen-bond acceptors (Lipinski definition) is 0. The van der Waals surface area contributed by atoms with E-state index in [0.29, 0.717) is 46.0 Å². The Morgan fingerprint density at radius 2 is 1.17 bits per heavy atom. The average Bonchev–Trinajstić information content (AvgIpc) is 1.61. The molecule has 0 radical (unpaired) electrons. The molecular weight excluding hydrogens is 436 g/mol. The molecule has 0 aromatic rings. The predicted octanol–water partition coefficient (Wildman–Crippen LogP) is -6.03. The quantitative estimate of drug-likeness (QED) is 0.297. The number of hydrogen-bond donors (Lipinski definition) is 0. The van der Waals surface area contributed by atoms with Crippen LogP contribution in [0.4, 0.5) is 0 Å². The Balaban J connectivity index is 2.34. The van der Waals surface area contributed by atoms with E-state index in [4.69, 9.17) is 0 Å². The Hall–Kier alpha value is 3.26. The van der Waals surface area contributed by atoms with Gasteiger partial charge in [0, 0.05) is 0 Å². The molecular formula is H14Ge6. The van der Waals surface area contributed by atoms with Crippen LogP contribution in [0.3, 0.4) is 0 Å². The predicted molar refractivity (Wildman–Crippen MR) is 54.1 cm³/mol. The van der Waals surface area contributed by atoms with Crippen molar-refractivity contribution >= 4 is 75.1 Å². The van der Waals surface area contributed by atoms with Crippen LogP contribution in [0.1, 0.15) is 0 Å². The molecule has 0 N–H and O–H groups in total. The Labute approximate surface area is 73.4 Å². The van der Waals surface area contributed by atoms with E-state index in [2.05, 4.69) is 0 Å². The molecule has 0 spiro atoms. The molecule has 0 aliphatic heterocycles. The molecule has 0 nitrogen and oxygen atoms in total. The first-order valence-electron chi connectivity index (χ1n) is 2.91. The first-order chi connectivity index (χ1) is 2.91. The van der Waals surface area contributed by atoms with Crippen LogP contribution >= 0.6 is 0 Å². The Morgan fingerprint density at radius 1 is 0.833 bits per heavy atom. The van der Waals surface area contributed by atoms with Gasteiger partial charge in [-0.1, -0.05) is 0 Å². The topological polar surface area (TPSA) is 0 Å². The zero-order valence-electron chi connectivity index (χ0n) is 4.83. The van der Waals surface area contributed by atoms with Crippen LogP contribution in [-0.4, -0.2) is 75.1 Å². The minimum atomic E-state index is 0.605. The van der Waals surface area contributed by atoms with Gasteiger partial charge in [0.05, 0.1) is 0 Å². The van der Waals surface area contributed by atoms with Gasteiger partial charge in [0.25, 0.3) is 0 Å². The van der Waals surface area contributed by atoms with Gasteiger partial charge in [-0.2, -0.15) is 0 Å². The van der Waals surface area contributed by atoms with Gasteiger partial charge in [-0.25, -0.2) is 0 Å². The van der Waals surface area contributed by atoms with Crippen LogP contribution in [0.15, 0.2) is 0 Å². The summed E-state index contributed by atoms with van der Waals surface area (Å²) in [5, 5.41) is 0. The SMILES string of the molecule is [GeH3][GeH2][GeH2][GeH2][GeH2][GeH3]. The average molecular weight is 450 g/mol. The van der Waals surface area contributed by atoms with Crippen molar-refractivity contribution in [3.8, 4) is 0 Å². The minimum absolute atomic E-state index is 0.605. The fourth-order valence-electron chi connectivity index (χ4n) is 0.500. The second-order valence-corrected chi connectivity index (χ2v) is 240. The molecule has 0 aromatic carbocycles. The van der Waals surface area contributed by atoms with Gasteiger partial charge >= 0.3 is 75.1 Å². The van der Waals surface area contributed by atoms with E-state index in [1.165, 1.54) is 29.1 Å². The molecule has 0 saturated heterocycles. The van der Waals surface area contributed by atoms with Crippen molar-refractivity contribution in [2.24, 2.45) is 0 Å². The molecule has 0 unspecified atom stereocenters. The van der Waals surface area contributed by atoms with Crippen molar-refractivity contribution in [1.29, 1.82) is 0 Å². The summed E-state index contributed by atoms with van der Waals surface area (Å²) in [6.45, 7) is 0. The summed E-state index contributed by atoms with van der Waals surface area (Å²) in [6, 6.07) is 0. The Kier molecular flexibility index (Phi) is 12.7. The van der Waals surface area contributed by atoms with E-state index in [0.717, 1.165) is 0 Å². The second kappa shape index (κ2) is 8.26. The maximum atomic E-state index is 1.48. The summed E-state index contributed by atoms with van der Waals surface area (Å²) < 4.78 is 0. The first kappa shape index (κ1) is 9.26. The van der Waals surface area contributed by atoms with Crippen LogP contribution in [0.25, 0.3) is 0 Å².